The summed E-state index contributed by atoms with van der Waals surface area (Å²) in [5.41, 5.74) is 1.96. The fourth-order valence-electron chi connectivity index (χ4n) is 2.99. The van der Waals surface area contributed by atoms with Gasteiger partial charge in [0.1, 0.15) is 0 Å². The van der Waals surface area contributed by atoms with Gasteiger partial charge in [-0.05, 0) is 31.0 Å². The van der Waals surface area contributed by atoms with E-state index in [1.54, 1.807) is 7.11 Å². The van der Waals surface area contributed by atoms with Crippen LogP contribution in [0.3, 0.4) is 0 Å². The zero-order chi connectivity index (χ0) is 18.2. The van der Waals surface area contributed by atoms with Gasteiger partial charge in [0.15, 0.2) is 0 Å². The molecule has 0 bridgehead atoms. The molecule has 1 aromatic rings. The SMILES string of the molecule is CCc1ccc(C(=O)N2CCN(CC(=O)NC(C)COC)CC2)cc1. The van der Waals surface area contributed by atoms with Crippen LogP contribution < -0.4 is 5.32 Å². The highest BCUT2D eigenvalue weighted by molar-refractivity contribution is 5.94. The molecule has 1 saturated heterocycles. The lowest BCUT2D eigenvalue weighted by Gasteiger charge is -2.34. The first-order valence-electron chi connectivity index (χ1n) is 8.92. The van der Waals surface area contributed by atoms with Crippen LogP contribution in [0.25, 0.3) is 0 Å². The lowest BCUT2D eigenvalue weighted by Crippen LogP contribution is -2.52. The van der Waals surface area contributed by atoms with E-state index in [0.29, 0.717) is 39.3 Å². The highest BCUT2D eigenvalue weighted by Crippen LogP contribution is 2.11. The molecule has 2 amide bonds. The second-order valence-corrected chi connectivity index (χ2v) is 6.54. The summed E-state index contributed by atoms with van der Waals surface area (Å²) in [6, 6.07) is 7.83. The van der Waals surface area contributed by atoms with Gasteiger partial charge in [-0.15, -0.1) is 0 Å². The molecule has 1 aliphatic heterocycles. The fraction of sp³-hybridized carbons (Fsp3) is 0.579. The minimum absolute atomic E-state index is 0.000481. The largest absolute Gasteiger partial charge is 0.383 e. The monoisotopic (exact) mass is 347 g/mol. The molecule has 0 aromatic heterocycles. The van der Waals surface area contributed by atoms with E-state index in [9.17, 15) is 9.59 Å². The number of methoxy groups -OCH3 is 1. The molecule has 1 N–H and O–H groups in total. The Hall–Kier alpha value is -1.92. The van der Waals surface area contributed by atoms with Crippen molar-refractivity contribution in [3.05, 3.63) is 35.4 Å². The Morgan fingerprint density at radius 3 is 2.36 bits per heavy atom. The Morgan fingerprint density at radius 2 is 1.80 bits per heavy atom. The summed E-state index contributed by atoms with van der Waals surface area (Å²) in [4.78, 5) is 28.5. The minimum Gasteiger partial charge on any atom is -0.383 e. The highest BCUT2D eigenvalue weighted by atomic mass is 16.5. The molecule has 1 heterocycles. The number of benzene rings is 1. The Kier molecular flexibility index (Phi) is 7.40. The lowest BCUT2D eigenvalue weighted by molar-refractivity contribution is -0.123. The van der Waals surface area contributed by atoms with E-state index in [1.165, 1.54) is 5.56 Å². The molecular formula is C19H29N3O3. The van der Waals surface area contributed by atoms with Crippen LogP contribution in [0.1, 0.15) is 29.8 Å². The quantitative estimate of drug-likeness (QED) is 0.804. The average molecular weight is 347 g/mol. The van der Waals surface area contributed by atoms with Crippen LogP contribution in [0.2, 0.25) is 0 Å². The first-order valence-corrected chi connectivity index (χ1v) is 8.92. The summed E-state index contributed by atoms with van der Waals surface area (Å²) in [5, 5.41) is 2.91. The molecule has 6 nitrogen and oxygen atoms in total. The summed E-state index contributed by atoms with van der Waals surface area (Å²) >= 11 is 0. The third-order valence-corrected chi connectivity index (χ3v) is 4.46. The van der Waals surface area contributed by atoms with Crippen LogP contribution >= 0.6 is 0 Å². The van der Waals surface area contributed by atoms with Crippen molar-refractivity contribution in [1.82, 2.24) is 15.1 Å². The van der Waals surface area contributed by atoms with Crippen molar-refractivity contribution in [2.24, 2.45) is 0 Å². The molecule has 1 aliphatic rings. The molecule has 138 valence electrons. The highest BCUT2D eigenvalue weighted by Gasteiger charge is 2.23. The van der Waals surface area contributed by atoms with Gasteiger partial charge < -0.3 is 15.0 Å². The number of carbonyl (C=O) groups excluding carboxylic acids is 2. The maximum Gasteiger partial charge on any atom is 0.253 e. The molecule has 1 atom stereocenters. The number of hydrogen-bond donors (Lipinski definition) is 1. The van der Waals surface area contributed by atoms with Gasteiger partial charge in [-0.3, -0.25) is 14.5 Å². The predicted octanol–water partition coefficient (Wildman–Crippen LogP) is 1.16. The Balaban J connectivity index is 1.78. The maximum absolute atomic E-state index is 12.6. The zero-order valence-electron chi connectivity index (χ0n) is 15.5. The van der Waals surface area contributed by atoms with Crippen molar-refractivity contribution in [3.8, 4) is 0 Å². The summed E-state index contributed by atoms with van der Waals surface area (Å²) in [5.74, 6) is 0.0694. The molecule has 0 spiro atoms. The van der Waals surface area contributed by atoms with E-state index in [-0.39, 0.29) is 17.9 Å². The van der Waals surface area contributed by atoms with Crippen LogP contribution in [-0.2, 0) is 16.0 Å². The van der Waals surface area contributed by atoms with Gasteiger partial charge in [-0.2, -0.15) is 0 Å². The number of rotatable bonds is 7. The number of carbonyl (C=O) groups is 2. The zero-order valence-corrected chi connectivity index (χ0v) is 15.5. The molecule has 1 fully saturated rings. The summed E-state index contributed by atoms with van der Waals surface area (Å²) in [6.07, 6.45) is 0.970. The van der Waals surface area contributed by atoms with Gasteiger partial charge in [0, 0.05) is 44.9 Å². The van der Waals surface area contributed by atoms with Gasteiger partial charge in [0.05, 0.1) is 13.2 Å². The summed E-state index contributed by atoms with van der Waals surface area (Å²) in [6.45, 7) is 7.61. The van der Waals surface area contributed by atoms with E-state index in [1.807, 2.05) is 36.1 Å². The van der Waals surface area contributed by atoms with E-state index < -0.39 is 0 Å². The minimum atomic E-state index is -0.000481. The maximum atomic E-state index is 12.6. The summed E-state index contributed by atoms with van der Waals surface area (Å²) < 4.78 is 5.02. The van der Waals surface area contributed by atoms with Crippen LogP contribution in [-0.4, -0.2) is 74.1 Å². The van der Waals surface area contributed by atoms with Crippen molar-refractivity contribution in [1.29, 1.82) is 0 Å². The van der Waals surface area contributed by atoms with Crippen LogP contribution in [0.4, 0.5) is 0 Å². The normalized spacial score (nSPS) is 16.5. The van der Waals surface area contributed by atoms with Crippen molar-refractivity contribution in [3.63, 3.8) is 0 Å². The second-order valence-electron chi connectivity index (χ2n) is 6.54. The fourth-order valence-corrected chi connectivity index (χ4v) is 2.99. The number of ether oxygens (including phenoxy) is 1. The third kappa shape index (κ3) is 5.83. The van der Waals surface area contributed by atoms with Gasteiger partial charge >= 0.3 is 0 Å². The Morgan fingerprint density at radius 1 is 1.16 bits per heavy atom. The molecule has 25 heavy (non-hydrogen) atoms. The number of amides is 2. The standard InChI is InChI=1S/C19H29N3O3/c1-4-16-5-7-17(8-6-16)19(24)22-11-9-21(10-12-22)13-18(23)20-15(2)14-25-3/h5-8,15H,4,9-14H2,1-3H3,(H,20,23). The van der Waals surface area contributed by atoms with Gasteiger partial charge in [0.2, 0.25) is 5.91 Å². The van der Waals surface area contributed by atoms with Crippen LogP contribution in [0.15, 0.2) is 24.3 Å². The predicted molar refractivity (Wildman–Crippen MR) is 97.6 cm³/mol. The van der Waals surface area contributed by atoms with Crippen LogP contribution in [0.5, 0.6) is 0 Å². The smallest absolute Gasteiger partial charge is 0.253 e. The number of nitrogens with one attached hydrogen (secondary N) is 1. The molecule has 0 radical (unpaired) electrons. The summed E-state index contributed by atoms with van der Waals surface area (Å²) in [7, 11) is 1.62. The third-order valence-electron chi connectivity index (χ3n) is 4.46. The van der Waals surface area contributed by atoms with Crippen molar-refractivity contribution in [2.45, 2.75) is 26.3 Å². The van der Waals surface area contributed by atoms with Crippen LogP contribution in [0, 0.1) is 0 Å². The lowest BCUT2D eigenvalue weighted by atomic mass is 10.1. The topological polar surface area (TPSA) is 61.9 Å². The Labute approximate surface area is 150 Å². The van der Waals surface area contributed by atoms with E-state index in [4.69, 9.17) is 4.74 Å². The van der Waals surface area contributed by atoms with E-state index >= 15 is 0 Å². The number of aryl methyl sites for hydroxylation is 1. The first-order chi connectivity index (χ1) is 12.0. The molecular weight excluding hydrogens is 318 g/mol. The molecule has 1 unspecified atom stereocenters. The second kappa shape index (κ2) is 9.53. The van der Waals surface area contributed by atoms with Crippen molar-refractivity contribution in [2.75, 3.05) is 46.4 Å². The Bertz CT molecular complexity index is 566. The molecule has 0 saturated carbocycles. The van der Waals surface area contributed by atoms with Gasteiger partial charge in [-0.25, -0.2) is 0 Å². The average Bonchev–Trinajstić information content (AvgIpc) is 2.62. The number of piperazine rings is 1. The van der Waals surface area contributed by atoms with E-state index in [2.05, 4.69) is 17.1 Å². The van der Waals surface area contributed by atoms with E-state index in [0.717, 1.165) is 12.0 Å². The van der Waals surface area contributed by atoms with Crippen molar-refractivity contribution >= 4 is 11.8 Å². The van der Waals surface area contributed by atoms with Crippen molar-refractivity contribution < 1.29 is 14.3 Å². The number of nitrogens with zero attached hydrogens (tertiary/aromatic N) is 2. The van der Waals surface area contributed by atoms with Gasteiger partial charge in [0.25, 0.3) is 5.91 Å². The first kappa shape index (κ1) is 19.4. The number of hydrogen-bond acceptors (Lipinski definition) is 4. The molecule has 0 aliphatic carbocycles. The molecule has 1 aromatic carbocycles. The molecule has 6 heteroatoms. The van der Waals surface area contributed by atoms with Gasteiger partial charge in [-0.1, -0.05) is 19.1 Å². The molecule has 2 rings (SSSR count).